The summed E-state index contributed by atoms with van der Waals surface area (Å²) in [6, 6.07) is 34.3. The van der Waals surface area contributed by atoms with Gasteiger partial charge in [0, 0.05) is 86.3 Å². The van der Waals surface area contributed by atoms with Crippen LogP contribution in [0.15, 0.2) is 153 Å². The molecule has 2 fully saturated rings. The number of carbonyl (C=O) groups is 2. The molecule has 18 nitrogen and oxygen atoms in total. The minimum absolute atomic E-state index is 0.152. The summed E-state index contributed by atoms with van der Waals surface area (Å²) in [4.78, 5) is 107. The molecule has 2 aliphatic carbocycles. The molecule has 82 heavy (non-hydrogen) atoms. The number of rotatable bonds is 16. The number of aromatic nitrogens is 10. The third-order valence-electron chi connectivity index (χ3n) is 15.1. The largest absolute Gasteiger partial charge is 0.336 e. The monoisotopic (exact) mass is 1100 g/mol. The van der Waals surface area contributed by atoms with Crippen molar-refractivity contribution in [2.24, 2.45) is 11.8 Å². The van der Waals surface area contributed by atoms with E-state index in [4.69, 9.17) is 0 Å². The van der Waals surface area contributed by atoms with Crippen LogP contribution in [0, 0.1) is 37.3 Å². The van der Waals surface area contributed by atoms with Gasteiger partial charge in [0.2, 0.25) is 0 Å². The topological polar surface area (TPSA) is 212 Å². The second-order valence-corrected chi connectivity index (χ2v) is 21.1. The highest BCUT2D eigenvalue weighted by molar-refractivity contribution is 6.07. The fourth-order valence-corrected chi connectivity index (χ4v) is 9.99. The first-order chi connectivity index (χ1) is 39.6. The summed E-state index contributed by atoms with van der Waals surface area (Å²) in [6.07, 6.45) is 8.15. The molecule has 0 bridgehead atoms. The van der Waals surface area contributed by atoms with Crippen LogP contribution in [0.25, 0.3) is 22.3 Å². The molecule has 0 spiro atoms. The molecule has 0 unspecified atom stereocenters. The van der Waals surface area contributed by atoms with E-state index in [9.17, 15) is 37.5 Å². The SMILES string of the molecule is Cc1ncccc1C(=O)N(C)c1ccc(Cc2nc3c([nH]2)c(=O)n(Cc2ccccc2F)c(=O)n3CC2CC2)cc1.Cc1ncccc1C(=O)N(C)c1ccc(Cc2nc3c([nH]2)c(=O)n(Cc2ccccc2F)c(=O)n3CC2CC2)cc1. The van der Waals surface area contributed by atoms with Crippen LogP contribution in [0.2, 0.25) is 0 Å². The number of halogens is 2. The Hall–Kier alpha value is -9.72. The molecule has 0 saturated heterocycles. The number of benzene rings is 4. The first-order valence-corrected chi connectivity index (χ1v) is 27.1. The molecule has 2 saturated carbocycles. The second kappa shape index (κ2) is 22.8. The molecule has 10 aromatic rings. The lowest BCUT2D eigenvalue weighted by Crippen LogP contribution is -2.40. The van der Waals surface area contributed by atoms with Gasteiger partial charge in [0.25, 0.3) is 22.9 Å². The lowest BCUT2D eigenvalue weighted by molar-refractivity contribution is 0.0984. The summed E-state index contributed by atoms with van der Waals surface area (Å²) in [5.74, 6) is 0.549. The van der Waals surface area contributed by atoms with E-state index >= 15 is 0 Å². The van der Waals surface area contributed by atoms with Crippen molar-refractivity contribution in [2.45, 2.75) is 78.6 Å². The van der Waals surface area contributed by atoms with Crippen molar-refractivity contribution in [1.82, 2.24) is 48.2 Å². The maximum absolute atomic E-state index is 14.4. The Bertz CT molecular complexity index is 4050. The number of hydrogen-bond donors (Lipinski definition) is 2. The van der Waals surface area contributed by atoms with Crippen LogP contribution in [0.4, 0.5) is 20.2 Å². The van der Waals surface area contributed by atoms with E-state index in [1.54, 1.807) is 120 Å². The van der Waals surface area contributed by atoms with Gasteiger partial charge in [-0.15, -0.1) is 0 Å². The van der Waals surface area contributed by atoms with Gasteiger partial charge in [-0.05, 0) is 123 Å². The number of hydrogen-bond acceptors (Lipinski definition) is 10. The number of H-pyrrole nitrogens is 2. The zero-order valence-electron chi connectivity index (χ0n) is 45.6. The Labute approximate surface area is 468 Å². The van der Waals surface area contributed by atoms with Crippen molar-refractivity contribution in [3.63, 3.8) is 0 Å². The van der Waals surface area contributed by atoms with Gasteiger partial charge >= 0.3 is 11.4 Å². The van der Waals surface area contributed by atoms with E-state index in [0.717, 1.165) is 57.3 Å². The molecular weight excluding hydrogens is 1050 g/mol. The molecule has 0 atom stereocenters. The van der Waals surface area contributed by atoms with Gasteiger partial charge < -0.3 is 19.8 Å². The van der Waals surface area contributed by atoms with E-state index in [0.29, 0.717) is 83.2 Å². The second-order valence-electron chi connectivity index (χ2n) is 21.1. The number of aryl methyl sites for hydroxylation is 2. The molecule has 20 heteroatoms. The third kappa shape index (κ3) is 11.4. The molecular formula is C62H58F2N12O6. The predicted octanol–water partition coefficient (Wildman–Crippen LogP) is 8.11. The molecule has 0 aliphatic heterocycles. The summed E-state index contributed by atoms with van der Waals surface area (Å²) in [7, 11) is 3.43. The molecule has 12 rings (SSSR count). The van der Waals surface area contributed by atoms with E-state index in [1.165, 1.54) is 12.1 Å². The van der Waals surface area contributed by atoms with Gasteiger partial charge in [-0.3, -0.25) is 47.4 Å². The smallest absolute Gasteiger partial charge is 0.333 e. The molecule has 4 aromatic carbocycles. The number of anilines is 2. The number of fused-ring (bicyclic) bond motifs is 2. The van der Waals surface area contributed by atoms with Crippen molar-refractivity contribution >= 4 is 45.5 Å². The first-order valence-electron chi connectivity index (χ1n) is 27.1. The van der Waals surface area contributed by atoms with Crippen molar-refractivity contribution in [3.8, 4) is 0 Å². The molecule has 0 radical (unpaired) electrons. The van der Waals surface area contributed by atoms with Gasteiger partial charge in [0.15, 0.2) is 11.3 Å². The van der Waals surface area contributed by atoms with Crippen LogP contribution in [-0.2, 0) is 39.0 Å². The van der Waals surface area contributed by atoms with E-state index < -0.39 is 34.1 Å². The molecule has 2 amide bonds. The quantitative estimate of drug-likeness (QED) is 0.0949. The van der Waals surface area contributed by atoms with E-state index in [-0.39, 0.29) is 47.1 Å². The molecule has 6 heterocycles. The normalized spacial score (nSPS) is 13.0. The zero-order valence-corrected chi connectivity index (χ0v) is 45.6. The average molecular weight is 1110 g/mol. The standard InChI is InChI=1S/2C31H29FN6O3/c2*1-19-24(7-5-15-33-19)29(39)36(2)23-13-11-20(12-14-23)16-26-34-27-28(35-26)37(17-21-9-10-21)31(41)38(30(27)40)18-22-6-3-4-8-25(22)32/h2*3-8,11-15,21H,9-10,16-18H2,1-2H3,(H,34,35). The van der Waals surface area contributed by atoms with Crippen LogP contribution in [-0.4, -0.2) is 74.1 Å². The fourth-order valence-electron chi connectivity index (χ4n) is 9.99. The van der Waals surface area contributed by atoms with Gasteiger partial charge in [-0.1, -0.05) is 60.7 Å². The maximum atomic E-state index is 14.4. The number of amides is 2. The number of imidazole rings is 2. The first kappa shape index (κ1) is 54.2. The Morgan fingerprint density at radius 2 is 0.902 bits per heavy atom. The average Bonchev–Trinajstić information content (AvgIpc) is 4.56. The van der Waals surface area contributed by atoms with Crippen LogP contribution < -0.4 is 32.3 Å². The Morgan fingerprint density at radius 1 is 0.524 bits per heavy atom. The fraction of sp³-hybridized carbons (Fsp3) is 0.258. The highest BCUT2D eigenvalue weighted by Gasteiger charge is 2.28. The maximum Gasteiger partial charge on any atom is 0.333 e. The minimum Gasteiger partial charge on any atom is -0.336 e. The van der Waals surface area contributed by atoms with Crippen molar-refractivity contribution in [3.05, 3.63) is 243 Å². The zero-order chi connectivity index (χ0) is 57.3. The number of carbonyl (C=O) groups excluding carboxylic acids is 2. The van der Waals surface area contributed by atoms with Crippen LogP contribution in [0.1, 0.15) is 91.7 Å². The summed E-state index contributed by atoms with van der Waals surface area (Å²) < 4.78 is 34.0. The van der Waals surface area contributed by atoms with E-state index in [2.05, 4.69) is 29.9 Å². The van der Waals surface area contributed by atoms with E-state index in [1.807, 2.05) is 48.5 Å². The lowest BCUT2D eigenvalue weighted by atomic mass is 10.1. The Kier molecular flexibility index (Phi) is 15.1. The number of aromatic amines is 2. The lowest BCUT2D eigenvalue weighted by Gasteiger charge is -2.18. The Morgan fingerprint density at radius 3 is 1.26 bits per heavy atom. The Balaban J connectivity index is 0.000000172. The highest BCUT2D eigenvalue weighted by Crippen LogP contribution is 2.32. The summed E-state index contributed by atoms with van der Waals surface area (Å²) >= 11 is 0. The molecule has 416 valence electrons. The van der Waals surface area contributed by atoms with Crippen molar-refractivity contribution < 1.29 is 18.4 Å². The highest BCUT2D eigenvalue weighted by atomic mass is 19.1. The summed E-state index contributed by atoms with van der Waals surface area (Å²) in [5.41, 5.74) is 5.28. The van der Waals surface area contributed by atoms with Gasteiger partial charge in [-0.25, -0.2) is 28.3 Å². The summed E-state index contributed by atoms with van der Waals surface area (Å²) in [5, 5.41) is 0. The number of nitrogens with one attached hydrogen (secondary N) is 2. The molecule has 6 aromatic heterocycles. The molecule has 2 aliphatic rings. The van der Waals surface area contributed by atoms with Gasteiger partial charge in [0.05, 0.1) is 24.2 Å². The van der Waals surface area contributed by atoms with Gasteiger partial charge in [-0.2, -0.15) is 0 Å². The van der Waals surface area contributed by atoms with Crippen LogP contribution in [0.5, 0.6) is 0 Å². The van der Waals surface area contributed by atoms with Crippen molar-refractivity contribution in [2.75, 3.05) is 23.9 Å². The molecule has 2 N–H and O–H groups in total. The minimum atomic E-state index is -0.528. The van der Waals surface area contributed by atoms with Crippen LogP contribution in [0.3, 0.4) is 0 Å². The predicted molar refractivity (Wildman–Crippen MR) is 308 cm³/mol. The summed E-state index contributed by atoms with van der Waals surface area (Å²) in [6.45, 7) is 4.20. The number of pyridine rings is 2. The third-order valence-corrected chi connectivity index (χ3v) is 15.1. The number of nitrogens with zero attached hydrogens (tertiary/aromatic N) is 10. The van der Waals surface area contributed by atoms with Gasteiger partial charge in [0.1, 0.15) is 34.3 Å². The van der Waals surface area contributed by atoms with Crippen molar-refractivity contribution in [1.29, 1.82) is 0 Å². The van der Waals surface area contributed by atoms with Crippen LogP contribution >= 0.6 is 0 Å².